The van der Waals surface area contributed by atoms with Gasteiger partial charge in [-0.05, 0) is 75.7 Å². The number of phenols is 1. The first kappa shape index (κ1) is 31.0. The van der Waals surface area contributed by atoms with E-state index < -0.39 is 5.82 Å². The van der Waals surface area contributed by atoms with Gasteiger partial charge in [0.1, 0.15) is 23.4 Å². The highest BCUT2D eigenvalue weighted by Crippen LogP contribution is 2.43. The Hall–Kier alpha value is -3.44. The summed E-state index contributed by atoms with van der Waals surface area (Å²) in [6.07, 6.45) is 4.90. The summed E-state index contributed by atoms with van der Waals surface area (Å²) in [7, 11) is 3.84. The molecule has 1 amide bonds. The number of anilines is 2. The Bertz CT molecular complexity index is 1430. The van der Waals surface area contributed by atoms with Crippen molar-refractivity contribution in [2.75, 3.05) is 63.2 Å². The molecule has 2 fully saturated rings. The summed E-state index contributed by atoms with van der Waals surface area (Å²) in [6.45, 7) is 4.23. The quantitative estimate of drug-likeness (QED) is 0.288. The smallest absolute Gasteiger partial charge is 0.237 e. The Morgan fingerprint density at radius 2 is 1.77 bits per heavy atom. The number of hydrogen-bond donors (Lipinski definition) is 3. The Balaban J connectivity index is 1.48. The van der Waals surface area contributed by atoms with Crippen LogP contribution in [0.5, 0.6) is 11.6 Å². The van der Waals surface area contributed by atoms with Crippen LogP contribution in [0.15, 0.2) is 42.6 Å². The number of phenolic OH excluding ortho intramolecular Hbond substituents is 1. The van der Waals surface area contributed by atoms with Crippen LogP contribution in [-0.2, 0) is 4.79 Å². The molecule has 2 heterocycles. The van der Waals surface area contributed by atoms with Crippen molar-refractivity contribution in [1.29, 1.82) is 0 Å². The van der Waals surface area contributed by atoms with Crippen molar-refractivity contribution in [2.24, 2.45) is 0 Å². The zero-order chi connectivity index (χ0) is 30.5. The molecule has 0 spiro atoms. The van der Waals surface area contributed by atoms with Gasteiger partial charge in [0.05, 0.1) is 16.8 Å². The third kappa shape index (κ3) is 7.38. The molecule has 11 heteroatoms. The van der Waals surface area contributed by atoms with E-state index in [0.29, 0.717) is 59.2 Å². The van der Waals surface area contributed by atoms with Crippen molar-refractivity contribution in [2.45, 2.75) is 37.9 Å². The van der Waals surface area contributed by atoms with Crippen molar-refractivity contribution in [3.05, 3.63) is 53.4 Å². The zero-order valence-corrected chi connectivity index (χ0v) is 25.4. The third-order valence-corrected chi connectivity index (χ3v) is 8.38. The topological polar surface area (TPSA) is 101 Å². The van der Waals surface area contributed by atoms with Crippen molar-refractivity contribution in [1.82, 2.24) is 15.2 Å². The van der Waals surface area contributed by atoms with Crippen LogP contribution >= 0.6 is 11.6 Å². The first-order chi connectivity index (χ1) is 20.7. The summed E-state index contributed by atoms with van der Waals surface area (Å²) in [6, 6.07) is 9.51. The van der Waals surface area contributed by atoms with E-state index in [1.165, 1.54) is 17.0 Å². The van der Waals surface area contributed by atoms with Crippen LogP contribution in [-0.4, -0.2) is 92.1 Å². The maximum absolute atomic E-state index is 15.1. The van der Waals surface area contributed by atoms with Crippen LogP contribution in [0.4, 0.5) is 15.8 Å². The predicted octanol–water partition coefficient (Wildman–Crippen LogP) is 4.53. The molecule has 1 aromatic heterocycles. The molecule has 43 heavy (non-hydrogen) atoms. The molecule has 2 aliphatic rings. The summed E-state index contributed by atoms with van der Waals surface area (Å²) < 4.78 is 21.4. The second-order valence-electron chi connectivity index (χ2n) is 11.5. The number of amides is 1. The molecule has 1 saturated carbocycles. The van der Waals surface area contributed by atoms with E-state index >= 15 is 4.39 Å². The molecule has 5 rings (SSSR count). The molecular weight excluding hydrogens is 573 g/mol. The van der Waals surface area contributed by atoms with Crippen LogP contribution in [0.1, 0.15) is 25.7 Å². The molecule has 3 aromatic rings. The van der Waals surface area contributed by atoms with Gasteiger partial charge in [0.15, 0.2) is 0 Å². The standard InChI is InChI=1S/C32H39ClFN5O4/c1-37(2)13-14-39(20-40)29-8-3-21(15-28(29)33)26-17-23(34)18-27(31(26)42)22-16-30(38-11-9-35-10-12-38)32(36-19-22)43-25-6-4-24(41)5-7-25/h3,8,15-20,24-25,35,41-42H,4-7,9-14H2,1-2H3. The molecule has 1 aliphatic carbocycles. The van der Waals surface area contributed by atoms with Gasteiger partial charge in [-0.3, -0.25) is 4.79 Å². The minimum absolute atomic E-state index is 0.0386. The number of carbonyl (C=O) groups excluding carboxylic acids is 1. The lowest BCUT2D eigenvalue weighted by molar-refractivity contribution is -0.107. The third-order valence-electron chi connectivity index (χ3n) is 8.08. The van der Waals surface area contributed by atoms with Gasteiger partial charge in [-0.2, -0.15) is 0 Å². The minimum atomic E-state index is -0.520. The number of nitrogens with one attached hydrogen (secondary N) is 1. The van der Waals surface area contributed by atoms with E-state index in [1.807, 2.05) is 25.1 Å². The molecule has 2 aromatic carbocycles. The lowest BCUT2D eigenvalue weighted by atomic mass is 9.95. The Labute approximate surface area is 256 Å². The average molecular weight is 612 g/mol. The lowest BCUT2D eigenvalue weighted by Crippen LogP contribution is -2.43. The first-order valence-electron chi connectivity index (χ1n) is 14.7. The van der Waals surface area contributed by atoms with E-state index in [4.69, 9.17) is 16.3 Å². The van der Waals surface area contributed by atoms with Crippen molar-refractivity contribution in [3.8, 4) is 33.9 Å². The van der Waals surface area contributed by atoms with E-state index in [0.717, 1.165) is 51.1 Å². The number of benzene rings is 2. The number of aromatic hydroxyl groups is 1. The molecular formula is C32H39ClFN5O4. The van der Waals surface area contributed by atoms with Crippen molar-refractivity contribution in [3.63, 3.8) is 0 Å². The summed E-state index contributed by atoms with van der Waals surface area (Å²) in [5.74, 6) is -0.124. The van der Waals surface area contributed by atoms with Crippen molar-refractivity contribution < 1.29 is 24.1 Å². The van der Waals surface area contributed by atoms with E-state index in [9.17, 15) is 15.0 Å². The number of aliphatic hydroxyl groups excluding tert-OH is 1. The number of nitrogens with zero attached hydrogens (tertiary/aromatic N) is 4. The van der Waals surface area contributed by atoms with Gasteiger partial charge in [0, 0.05) is 62.2 Å². The molecule has 0 radical (unpaired) electrons. The fourth-order valence-corrected chi connectivity index (χ4v) is 5.91. The van der Waals surface area contributed by atoms with Gasteiger partial charge in [-0.25, -0.2) is 9.37 Å². The van der Waals surface area contributed by atoms with Gasteiger partial charge >= 0.3 is 0 Å². The molecule has 1 saturated heterocycles. The molecule has 0 atom stereocenters. The Morgan fingerprint density at radius 1 is 1.07 bits per heavy atom. The molecule has 0 unspecified atom stereocenters. The molecule has 9 nitrogen and oxygen atoms in total. The number of carbonyl (C=O) groups is 1. The Kier molecular flexibility index (Phi) is 10.0. The number of piperazine rings is 1. The van der Waals surface area contributed by atoms with Crippen molar-refractivity contribution >= 4 is 29.4 Å². The molecule has 3 N–H and O–H groups in total. The van der Waals surface area contributed by atoms with Gasteiger partial charge in [-0.1, -0.05) is 17.7 Å². The Morgan fingerprint density at radius 3 is 2.42 bits per heavy atom. The molecule has 230 valence electrons. The van der Waals surface area contributed by atoms with E-state index in [-0.39, 0.29) is 23.5 Å². The number of hydrogen-bond acceptors (Lipinski definition) is 8. The minimum Gasteiger partial charge on any atom is -0.507 e. The van der Waals surface area contributed by atoms with Gasteiger partial charge in [0.25, 0.3) is 0 Å². The van der Waals surface area contributed by atoms with E-state index in [1.54, 1.807) is 24.4 Å². The largest absolute Gasteiger partial charge is 0.507 e. The number of aliphatic hydroxyl groups is 1. The highest BCUT2D eigenvalue weighted by molar-refractivity contribution is 6.34. The summed E-state index contributed by atoms with van der Waals surface area (Å²) >= 11 is 6.59. The van der Waals surface area contributed by atoms with Gasteiger partial charge in [-0.15, -0.1) is 0 Å². The van der Waals surface area contributed by atoms with Crippen LogP contribution in [0.25, 0.3) is 22.3 Å². The zero-order valence-electron chi connectivity index (χ0n) is 24.6. The summed E-state index contributed by atoms with van der Waals surface area (Å²) in [5, 5.41) is 25.0. The number of rotatable bonds is 10. The fourth-order valence-electron chi connectivity index (χ4n) is 5.62. The highest BCUT2D eigenvalue weighted by atomic mass is 35.5. The SMILES string of the molecule is CN(C)CCN(C=O)c1ccc(-c2cc(F)cc(-c3cnc(OC4CCC(O)CC4)c(N4CCNCC4)c3)c2O)cc1Cl. The summed E-state index contributed by atoms with van der Waals surface area (Å²) in [4.78, 5) is 22.1. The van der Waals surface area contributed by atoms with Gasteiger partial charge in [0.2, 0.25) is 12.3 Å². The first-order valence-corrected chi connectivity index (χ1v) is 15.1. The van der Waals surface area contributed by atoms with E-state index in [2.05, 4.69) is 15.2 Å². The monoisotopic (exact) mass is 611 g/mol. The lowest BCUT2D eigenvalue weighted by Gasteiger charge is -2.32. The number of aromatic nitrogens is 1. The maximum atomic E-state index is 15.1. The van der Waals surface area contributed by atoms with Gasteiger partial charge < -0.3 is 35.0 Å². The second kappa shape index (κ2) is 13.9. The highest BCUT2D eigenvalue weighted by Gasteiger charge is 2.25. The van der Waals surface area contributed by atoms with Crippen LogP contribution in [0.2, 0.25) is 5.02 Å². The number of ether oxygens (including phenoxy) is 1. The number of halogens is 2. The molecule has 0 bridgehead atoms. The number of likely N-dealkylation sites (N-methyl/N-ethyl adjacent to an activating group) is 1. The van der Waals surface area contributed by atoms with Crippen LogP contribution in [0, 0.1) is 5.82 Å². The normalized spacial score (nSPS) is 19.0. The van der Waals surface area contributed by atoms with Crippen LogP contribution in [0.3, 0.4) is 0 Å². The summed E-state index contributed by atoms with van der Waals surface area (Å²) in [5.41, 5.74) is 2.96. The maximum Gasteiger partial charge on any atom is 0.237 e. The number of pyridine rings is 1. The molecule has 1 aliphatic heterocycles. The fraction of sp³-hybridized carbons (Fsp3) is 0.438. The van der Waals surface area contributed by atoms with Crippen LogP contribution < -0.4 is 19.9 Å². The second-order valence-corrected chi connectivity index (χ2v) is 11.9. The average Bonchev–Trinajstić information content (AvgIpc) is 3.00. The predicted molar refractivity (Wildman–Crippen MR) is 168 cm³/mol.